The predicted molar refractivity (Wildman–Crippen MR) is 132 cm³/mol. The van der Waals surface area contributed by atoms with Crippen molar-refractivity contribution in [3.8, 4) is 11.1 Å². The van der Waals surface area contributed by atoms with E-state index in [9.17, 15) is 19.5 Å². The molecule has 2 aliphatic rings. The molecule has 1 aliphatic heterocycles. The van der Waals surface area contributed by atoms with Crippen LogP contribution in [0.25, 0.3) is 11.1 Å². The number of alkyl carbamates (subject to hydrolysis) is 1. The number of benzene rings is 2. The van der Waals surface area contributed by atoms with Crippen LogP contribution in [0.2, 0.25) is 0 Å². The third kappa shape index (κ3) is 4.92. The SMILES string of the molecule is CC(C)C1SCC(C(=O)O)N1C(=O)CCCNC(=O)OCC1c2ccccc2-c2ccccc21. The number of nitrogens with zero attached hydrogens (tertiary/aromatic N) is 1. The first kappa shape index (κ1) is 24.1. The van der Waals surface area contributed by atoms with E-state index in [1.54, 1.807) is 0 Å². The van der Waals surface area contributed by atoms with Crippen molar-refractivity contribution >= 4 is 29.7 Å². The summed E-state index contributed by atoms with van der Waals surface area (Å²) in [6, 6.07) is 15.5. The monoisotopic (exact) mass is 482 g/mol. The summed E-state index contributed by atoms with van der Waals surface area (Å²) < 4.78 is 5.52. The number of hydrogen-bond donors (Lipinski definition) is 2. The molecule has 180 valence electrons. The lowest BCUT2D eigenvalue weighted by molar-refractivity contribution is -0.149. The highest BCUT2D eigenvalue weighted by Gasteiger charge is 2.42. The summed E-state index contributed by atoms with van der Waals surface area (Å²) in [6.07, 6.45) is 0.0768. The van der Waals surface area contributed by atoms with Crippen LogP contribution in [0.15, 0.2) is 48.5 Å². The number of aliphatic carboxylic acids is 1. The van der Waals surface area contributed by atoms with Gasteiger partial charge in [-0.25, -0.2) is 9.59 Å². The summed E-state index contributed by atoms with van der Waals surface area (Å²) in [5, 5.41) is 12.0. The number of ether oxygens (including phenoxy) is 1. The van der Waals surface area contributed by atoms with Gasteiger partial charge >= 0.3 is 12.1 Å². The van der Waals surface area contributed by atoms with Crippen molar-refractivity contribution in [2.75, 3.05) is 18.9 Å². The summed E-state index contributed by atoms with van der Waals surface area (Å²) in [7, 11) is 0. The molecule has 0 radical (unpaired) electrons. The van der Waals surface area contributed by atoms with Gasteiger partial charge in [-0.15, -0.1) is 11.8 Å². The van der Waals surface area contributed by atoms with E-state index in [-0.39, 0.29) is 42.7 Å². The zero-order valence-corrected chi connectivity index (χ0v) is 20.2. The first-order valence-corrected chi connectivity index (χ1v) is 12.7. The largest absolute Gasteiger partial charge is 0.480 e. The maximum absolute atomic E-state index is 12.8. The first-order valence-electron chi connectivity index (χ1n) is 11.6. The molecule has 0 aromatic heterocycles. The van der Waals surface area contributed by atoms with Crippen molar-refractivity contribution in [1.29, 1.82) is 0 Å². The van der Waals surface area contributed by atoms with Crippen molar-refractivity contribution in [2.24, 2.45) is 5.92 Å². The highest BCUT2D eigenvalue weighted by atomic mass is 32.2. The van der Waals surface area contributed by atoms with E-state index >= 15 is 0 Å². The number of carboxylic acid groups (broad SMARTS) is 1. The number of carboxylic acids is 1. The zero-order chi connectivity index (χ0) is 24.2. The molecule has 1 fully saturated rings. The number of nitrogens with one attached hydrogen (secondary N) is 1. The minimum absolute atomic E-state index is 0.00619. The first-order chi connectivity index (χ1) is 16.4. The Bertz CT molecular complexity index is 1030. The molecule has 2 N–H and O–H groups in total. The predicted octanol–water partition coefficient (Wildman–Crippen LogP) is 4.32. The van der Waals surface area contributed by atoms with Gasteiger partial charge in [0.1, 0.15) is 12.6 Å². The topological polar surface area (TPSA) is 95.9 Å². The average molecular weight is 483 g/mol. The molecule has 2 aromatic rings. The van der Waals surface area contributed by atoms with Crippen LogP contribution in [0.3, 0.4) is 0 Å². The second-order valence-corrected chi connectivity index (χ2v) is 10.1. The molecular formula is C26H30N2O5S. The number of amides is 2. The van der Waals surface area contributed by atoms with Crippen molar-refractivity contribution in [3.63, 3.8) is 0 Å². The van der Waals surface area contributed by atoms with Crippen LogP contribution in [0, 0.1) is 5.92 Å². The van der Waals surface area contributed by atoms with Gasteiger partial charge in [0, 0.05) is 24.6 Å². The Morgan fingerprint density at radius 3 is 2.29 bits per heavy atom. The van der Waals surface area contributed by atoms with E-state index in [0.717, 1.165) is 11.1 Å². The van der Waals surface area contributed by atoms with E-state index in [0.29, 0.717) is 12.2 Å². The Morgan fingerprint density at radius 2 is 1.71 bits per heavy atom. The van der Waals surface area contributed by atoms with Crippen LogP contribution in [-0.2, 0) is 14.3 Å². The van der Waals surface area contributed by atoms with E-state index in [1.165, 1.54) is 27.8 Å². The van der Waals surface area contributed by atoms with Gasteiger partial charge < -0.3 is 20.1 Å². The zero-order valence-electron chi connectivity index (χ0n) is 19.4. The van der Waals surface area contributed by atoms with E-state index < -0.39 is 18.1 Å². The van der Waals surface area contributed by atoms with E-state index in [2.05, 4.69) is 29.6 Å². The number of fused-ring (bicyclic) bond motifs is 3. The van der Waals surface area contributed by atoms with Gasteiger partial charge in [0.15, 0.2) is 0 Å². The fraction of sp³-hybridized carbons (Fsp3) is 0.423. The minimum Gasteiger partial charge on any atom is -0.480 e. The van der Waals surface area contributed by atoms with Crippen molar-refractivity contribution in [2.45, 2.75) is 44.0 Å². The second kappa shape index (κ2) is 10.5. The summed E-state index contributed by atoms with van der Waals surface area (Å²) in [4.78, 5) is 38.1. The normalized spacial score (nSPS) is 19.1. The van der Waals surface area contributed by atoms with E-state index in [1.807, 2.05) is 38.1 Å². The van der Waals surface area contributed by atoms with Crippen LogP contribution in [0.4, 0.5) is 4.79 Å². The summed E-state index contributed by atoms with van der Waals surface area (Å²) in [5.41, 5.74) is 4.65. The number of thioether (sulfide) groups is 1. The van der Waals surface area contributed by atoms with Crippen LogP contribution < -0.4 is 5.32 Å². The van der Waals surface area contributed by atoms with Crippen LogP contribution in [-0.4, -0.2) is 58.3 Å². The van der Waals surface area contributed by atoms with Crippen LogP contribution in [0.5, 0.6) is 0 Å². The molecule has 4 rings (SSSR count). The fourth-order valence-electron chi connectivity index (χ4n) is 4.76. The van der Waals surface area contributed by atoms with Crippen LogP contribution in [0.1, 0.15) is 43.7 Å². The molecule has 2 aromatic carbocycles. The van der Waals surface area contributed by atoms with E-state index in [4.69, 9.17) is 4.74 Å². The molecule has 2 amide bonds. The average Bonchev–Trinajstić information content (AvgIpc) is 3.41. The Balaban J connectivity index is 1.25. The standard InChI is InChI=1S/C26H30N2O5S/c1-16(2)24-28(22(15-34-24)25(30)31)23(29)12-7-13-27-26(32)33-14-21-19-10-5-3-8-17(19)18-9-4-6-11-20(18)21/h3-6,8-11,16,21-22,24H,7,12-15H2,1-2H3,(H,27,32)(H,30,31). The molecule has 2 unspecified atom stereocenters. The third-order valence-corrected chi connectivity index (χ3v) is 7.98. The number of rotatable bonds is 8. The summed E-state index contributed by atoms with van der Waals surface area (Å²) in [5.74, 6) is -0.598. The lowest BCUT2D eigenvalue weighted by Crippen LogP contribution is -2.47. The summed E-state index contributed by atoms with van der Waals surface area (Å²) in [6.45, 7) is 4.50. The number of hydrogen-bond acceptors (Lipinski definition) is 5. The fourth-order valence-corrected chi connectivity index (χ4v) is 6.25. The molecule has 0 bridgehead atoms. The lowest BCUT2D eigenvalue weighted by atomic mass is 9.98. The van der Waals surface area contributed by atoms with Gasteiger partial charge in [-0.05, 0) is 34.6 Å². The molecular weight excluding hydrogens is 452 g/mol. The van der Waals surface area contributed by atoms with Gasteiger partial charge in [-0.1, -0.05) is 62.4 Å². The number of carbonyl (C=O) groups is 3. The Morgan fingerprint density at radius 1 is 1.09 bits per heavy atom. The van der Waals surface area contributed by atoms with Gasteiger partial charge in [-0.2, -0.15) is 0 Å². The van der Waals surface area contributed by atoms with Crippen molar-refractivity contribution in [1.82, 2.24) is 10.2 Å². The van der Waals surface area contributed by atoms with Crippen molar-refractivity contribution < 1.29 is 24.2 Å². The second-order valence-electron chi connectivity index (χ2n) is 8.98. The van der Waals surface area contributed by atoms with Gasteiger partial charge in [0.25, 0.3) is 0 Å². The number of carbonyl (C=O) groups excluding carboxylic acids is 2. The molecule has 1 heterocycles. The van der Waals surface area contributed by atoms with Gasteiger partial charge in [0.2, 0.25) is 5.91 Å². The molecule has 0 saturated carbocycles. The van der Waals surface area contributed by atoms with Gasteiger partial charge in [-0.3, -0.25) is 4.79 Å². The Labute approximate surface area is 203 Å². The molecule has 2 atom stereocenters. The highest BCUT2D eigenvalue weighted by molar-refractivity contribution is 8.00. The Hall–Kier alpha value is -3.00. The van der Waals surface area contributed by atoms with Gasteiger partial charge in [0.05, 0.1) is 5.37 Å². The maximum Gasteiger partial charge on any atom is 0.407 e. The minimum atomic E-state index is -0.972. The maximum atomic E-state index is 12.8. The highest BCUT2D eigenvalue weighted by Crippen LogP contribution is 2.44. The molecule has 8 heteroatoms. The molecule has 34 heavy (non-hydrogen) atoms. The lowest BCUT2D eigenvalue weighted by Gasteiger charge is -2.29. The van der Waals surface area contributed by atoms with Crippen molar-refractivity contribution in [3.05, 3.63) is 59.7 Å². The smallest absolute Gasteiger partial charge is 0.407 e. The third-order valence-electron chi connectivity index (χ3n) is 6.36. The van der Waals surface area contributed by atoms with Crippen LogP contribution >= 0.6 is 11.8 Å². The Kier molecular flexibility index (Phi) is 7.46. The molecule has 0 spiro atoms. The molecule has 7 nitrogen and oxygen atoms in total. The quantitative estimate of drug-likeness (QED) is 0.544. The molecule has 1 aliphatic carbocycles. The summed E-state index contributed by atoms with van der Waals surface area (Å²) >= 11 is 1.51. The molecule has 1 saturated heterocycles.